The van der Waals surface area contributed by atoms with Gasteiger partial charge in [0.2, 0.25) is 5.82 Å². The first-order valence-corrected chi connectivity index (χ1v) is 22.6. The van der Waals surface area contributed by atoms with Gasteiger partial charge in [-0.1, -0.05) is 82.7 Å². The Morgan fingerprint density at radius 2 is 1.87 bits per heavy atom. The third-order valence-electron chi connectivity index (χ3n) is 7.55. The van der Waals surface area contributed by atoms with Gasteiger partial charge in [-0.15, -0.1) is 22.0 Å². The summed E-state index contributed by atoms with van der Waals surface area (Å²) in [4.78, 5) is 53.7. The van der Waals surface area contributed by atoms with Crippen LogP contribution in [0.15, 0.2) is 65.8 Å². The predicted molar refractivity (Wildman–Crippen MR) is 231 cm³/mol. The number of aromatic nitrogens is 5. The van der Waals surface area contributed by atoms with Crippen LogP contribution in [0.4, 0.5) is 0 Å². The van der Waals surface area contributed by atoms with Crippen LogP contribution in [0.5, 0.6) is 0 Å². The number of unbranched alkanes of at least 4 members (excludes halogenated alkanes) is 1. The van der Waals surface area contributed by atoms with Crippen molar-refractivity contribution in [3.63, 3.8) is 0 Å². The van der Waals surface area contributed by atoms with Gasteiger partial charge in [-0.2, -0.15) is 5.21 Å². The molecule has 15 nitrogen and oxygen atoms in total. The molecule has 0 spiro atoms. The third-order valence-corrected chi connectivity index (χ3v) is 12.7. The molecule has 2 aliphatic heterocycles. The van der Waals surface area contributed by atoms with Crippen molar-refractivity contribution in [3.8, 4) is 0 Å². The molecule has 0 aliphatic carbocycles. The lowest BCUT2D eigenvalue weighted by Gasteiger charge is -2.49. The van der Waals surface area contributed by atoms with Gasteiger partial charge in [0.15, 0.2) is 18.1 Å². The van der Waals surface area contributed by atoms with E-state index in [1.807, 2.05) is 76.2 Å². The molecule has 1 fully saturated rings. The summed E-state index contributed by atoms with van der Waals surface area (Å²) in [5.74, 6) is -0.210. The number of thioether (sulfide) groups is 3. The molecule has 302 valence electrons. The summed E-state index contributed by atoms with van der Waals surface area (Å²) in [5, 5.41) is 25.9. The summed E-state index contributed by atoms with van der Waals surface area (Å²) < 4.78 is 7.16. The molecule has 4 heterocycles. The number of hydrogen-bond acceptors (Lipinski definition) is 15. The molecule has 2 atom stereocenters. The highest BCUT2D eigenvalue weighted by Gasteiger charge is 2.54. The normalized spacial score (nSPS) is 17.6. The molecule has 0 saturated carbocycles. The Labute approximate surface area is 343 Å². The topological polar surface area (TPSA) is 194 Å². The van der Waals surface area contributed by atoms with Crippen LogP contribution < -0.4 is 15.0 Å². The number of rotatable bonds is 17. The Bertz CT molecular complexity index is 1730. The average Bonchev–Trinajstić information content (AvgIpc) is 3.73. The number of tetrazole rings is 1. The fourth-order valence-electron chi connectivity index (χ4n) is 4.30. The van der Waals surface area contributed by atoms with Gasteiger partial charge in [0.1, 0.15) is 30.8 Å². The molecule has 2 aliphatic rings. The maximum Gasteiger partial charge on any atom is 0.281 e. The number of hydrogen-bond donors (Lipinski definition) is 5. The van der Waals surface area contributed by atoms with Crippen molar-refractivity contribution >= 4 is 90.3 Å². The van der Waals surface area contributed by atoms with Crippen LogP contribution in [0.1, 0.15) is 93.0 Å². The number of H-pyrrole nitrogens is 1. The molecule has 55 heavy (non-hydrogen) atoms. The van der Waals surface area contributed by atoms with Gasteiger partial charge >= 0.3 is 0 Å². The second-order valence-corrected chi connectivity index (χ2v) is 16.6. The maximum absolute atomic E-state index is 13.7. The SMILES string of the molecule is C=C(S/C=C(\C)c1cc[n+](C)cc1)SC1=C(c2nn[nH]n2)N2C(=O)C(NC(=O)C(=N\OCC)/C(C)=N/SC(NP(O)O)=C(C)CC)C2SC1.CC.CCCC. The lowest BCUT2D eigenvalue weighted by molar-refractivity contribution is -0.671. The van der Waals surface area contributed by atoms with E-state index in [1.54, 1.807) is 18.7 Å². The Balaban J connectivity index is 0.00000163. The fourth-order valence-corrected chi connectivity index (χ4v) is 8.98. The van der Waals surface area contributed by atoms with Gasteiger partial charge in [-0.25, -0.2) is 8.96 Å². The lowest BCUT2D eigenvalue weighted by atomic mass is 10.0. The quantitative estimate of drug-likeness (QED) is 0.0277. The first-order valence-electron chi connectivity index (χ1n) is 17.8. The summed E-state index contributed by atoms with van der Waals surface area (Å²) in [5.41, 5.74) is 3.66. The lowest BCUT2D eigenvalue weighted by Crippen LogP contribution is -2.70. The van der Waals surface area contributed by atoms with E-state index in [0.717, 1.165) is 37.8 Å². The highest BCUT2D eigenvalue weighted by molar-refractivity contribution is 8.25. The zero-order chi connectivity index (χ0) is 41.1. The number of amides is 2. The maximum atomic E-state index is 13.7. The molecule has 0 bridgehead atoms. The number of fused-ring (bicyclic) bond motifs is 1. The third kappa shape index (κ3) is 14.4. The molecule has 2 aromatic heterocycles. The summed E-state index contributed by atoms with van der Waals surface area (Å²) >= 11 is 5.38. The minimum absolute atomic E-state index is 0.114. The zero-order valence-electron chi connectivity index (χ0n) is 33.1. The number of carbonyl (C=O) groups is 2. The summed E-state index contributed by atoms with van der Waals surface area (Å²) in [6, 6.07) is 3.23. The molecule has 2 aromatic rings. The molecular weight excluding hydrogens is 800 g/mol. The minimum Gasteiger partial charge on any atom is -0.395 e. The van der Waals surface area contributed by atoms with Gasteiger partial charge in [0.05, 0.1) is 10.7 Å². The van der Waals surface area contributed by atoms with E-state index < -0.39 is 25.8 Å². The molecule has 4 rings (SSSR count). The van der Waals surface area contributed by atoms with E-state index in [9.17, 15) is 19.4 Å². The molecule has 2 unspecified atom stereocenters. The molecular formula is C35H54N10O5PS4+. The van der Waals surface area contributed by atoms with Crippen LogP contribution >= 0.6 is 55.8 Å². The van der Waals surface area contributed by atoms with Crippen molar-refractivity contribution in [2.45, 2.75) is 93.0 Å². The molecule has 2 amide bonds. The monoisotopic (exact) mass is 853 g/mol. The number of nitrogens with one attached hydrogen (secondary N) is 3. The molecule has 5 N–H and O–H groups in total. The molecule has 20 heteroatoms. The van der Waals surface area contributed by atoms with Crippen LogP contribution in [0, 0.1) is 0 Å². The number of aromatic amines is 1. The van der Waals surface area contributed by atoms with Crippen LogP contribution in [0.2, 0.25) is 0 Å². The highest BCUT2D eigenvalue weighted by Crippen LogP contribution is 2.49. The zero-order valence-corrected chi connectivity index (χ0v) is 37.3. The van der Waals surface area contributed by atoms with Crippen molar-refractivity contribution in [1.82, 2.24) is 35.9 Å². The number of aryl methyl sites for hydroxylation is 1. The summed E-state index contributed by atoms with van der Waals surface area (Å²) in [6.07, 6.45) is 7.27. The number of nitrogens with zero attached hydrogens (tertiary/aromatic N) is 7. The van der Waals surface area contributed by atoms with Crippen molar-refractivity contribution in [3.05, 3.63) is 67.6 Å². The first-order chi connectivity index (χ1) is 26.4. The summed E-state index contributed by atoms with van der Waals surface area (Å²) in [7, 11) is -0.442. The molecule has 0 radical (unpaired) electrons. The van der Waals surface area contributed by atoms with E-state index in [2.05, 4.69) is 61.0 Å². The first kappa shape index (κ1) is 48.0. The molecule has 0 aromatic carbocycles. The fraction of sp³-hybridized carbons (Fsp3) is 0.486. The van der Waals surface area contributed by atoms with E-state index in [4.69, 9.17) is 4.84 Å². The van der Waals surface area contributed by atoms with Crippen molar-refractivity contribution in [2.24, 2.45) is 16.6 Å². The Kier molecular flexibility index (Phi) is 21.9. The van der Waals surface area contributed by atoms with E-state index in [1.165, 1.54) is 48.1 Å². The molecule has 1 saturated heterocycles. The average molecular weight is 854 g/mol. The predicted octanol–water partition coefficient (Wildman–Crippen LogP) is 6.87. The van der Waals surface area contributed by atoms with E-state index in [0.29, 0.717) is 22.9 Å². The van der Waals surface area contributed by atoms with Crippen LogP contribution in [0.3, 0.4) is 0 Å². The largest absolute Gasteiger partial charge is 0.395 e. The Morgan fingerprint density at radius 3 is 2.44 bits per heavy atom. The number of allylic oxidation sites excluding steroid dienone is 2. The van der Waals surface area contributed by atoms with E-state index >= 15 is 0 Å². The van der Waals surface area contributed by atoms with Gasteiger partial charge in [-0.05, 0) is 61.4 Å². The van der Waals surface area contributed by atoms with Crippen molar-refractivity contribution in [1.29, 1.82) is 0 Å². The van der Waals surface area contributed by atoms with Gasteiger partial charge < -0.3 is 25.0 Å². The minimum atomic E-state index is -2.41. The van der Waals surface area contributed by atoms with Crippen LogP contribution in [0.25, 0.3) is 11.3 Å². The van der Waals surface area contributed by atoms with Crippen LogP contribution in [-0.4, -0.2) is 82.3 Å². The second-order valence-electron chi connectivity index (χ2n) is 11.5. The van der Waals surface area contributed by atoms with Crippen LogP contribution in [-0.2, 0) is 21.5 Å². The highest BCUT2D eigenvalue weighted by atomic mass is 32.2. The Hall–Kier alpha value is -3.19. The number of oxime groups is 1. The van der Waals surface area contributed by atoms with Crippen molar-refractivity contribution in [2.75, 3.05) is 12.4 Å². The smallest absolute Gasteiger partial charge is 0.281 e. The number of β-lactam (4-membered cyclic amide) rings is 1. The van der Waals surface area contributed by atoms with Crippen molar-refractivity contribution < 1.29 is 28.8 Å². The summed E-state index contributed by atoms with van der Waals surface area (Å²) in [6.45, 7) is 21.9. The van der Waals surface area contributed by atoms with Gasteiger partial charge in [0.25, 0.3) is 20.3 Å². The van der Waals surface area contributed by atoms with Gasteiger partial charge in [-0.3, -0.25) is 14.5 Å². The second kappa shape index (κ2) is 25.1. The Morgan fingerprint density at radius 1 is 1.20 bits per heavy atom. The van der Waals surface area contributed by atoms with E-state index in [-0.39, 0.29) is 29.8 Å². The standard InChI is InChI=1S/C29H37N10O5PS4.C4H10.C2H6/c1-8-16(3)27(34-45(42)43)49-35-18(5)22(33-44-9-2)26(40)30-23-28(41)39-24(25-31-36-37-32-25)21(15-47-29(23)39)48-19(6)46-14-17(4)20-10-12-38(7)13-11-20;1-3-4-2;1-2/h10-14,23,29,34,42-43H,6,8-9,15H2,1-5,7H3,(H-,30,31,32,36,37,40);3-4H2,1-2H3;1-2H3/p+1/b17-14+,27-16?,33-22-,35-18+;;. The number of carbonyl (C=O) groups excluding carboxylic acids is 2. The number of pyridine rings is 1. The van der Waals surface area contributed by atoms with Gasteiger partial charge in [0, 0.05) is 39.0 Å².